The fourth-order valence-electron chi connectivity index (χ4n) is 2.02. The third kappa shape index (κ3) is 4.60. The topological polar surface area (TPSA) is 52.9 Å². The van der Waals surface area contributed by atoms with Crippen LogP contribution in [0.4, 0.5) is 5.00 Å². The minimum atomic E-state index is -0.0884. The summed E-state index contributed by atoms with van der Waals surface area (Å²) in [6.45, 7) is 8.59. The van der Waals surface area contributed by atoms with E-state index in [0.29, 0.717) is 16.3 Å². The average Bonchev–Trinajstić information content (AvgIpc) is 2.92. The third-order valence-electron chi connectivity index (χ3n) is 3.45. The molecule has 1 heterocycles. The van der Waals surface area contributed by atoms with Crippen molar-refractivity contribution >= 4 is 34.0 Å². The van der Waals surface area contributed by atoms with E-state index >= 15 is 0 Å². The smallest absolute Gasteiger partial charge is 0.235 e. The molecule has 120 valence electrons. The fraction of sp³-hybridized carbons (Fsp3) is 0.333. The van der Waals surface area contributed by atoms with E-state index in [4.69, 9.17) is 5.26 Å². The Labute approximate surface area is 145 Å². The zero-order valence-electron chi connectivity index (χ0n) is 13.8. The second kappa shape index (κ2) is 7.20. The number of hydrogen-bond acceptors (Lipinski definition) is 4. The molecule has 0 radical (unpaired) electrons. The number of rotatable bonds is 4. The number of carbonyl (C=O) groups excluding carboxylic acids is 1. The molecule has 3 nitrogen and oxygen atoms in total. The molecule has 1 amide bonds. The predicted octanol–water partition coefficient (Wildman–Crippen LogP) is 4.96. The highest BCUT2D eigenvalue weighted by Gasteiger charge is 2.15. The van der Waals surface area contributed by atoms with Crippen LogP contribution in [0, 0.1) is 18.3 Å². The molecule has 0 saturated carbocycles. The summed E-state index contributed by atoms with van der Waals surface area (Å²) in [5.74, 6) is 0.242. The van der Waals surface area contributed by atoms with E-state index in [9.17, 15) is 4.79 Å². The molecular formula is C18H20N2OS2. The number of hydrogen-bond donors (Lipinski definition) is 1. The van der Waals surface area contributed by atoms with Crippen molar-refractivity contribution in [2.45, 2.75) is 38.0 Å². The molecule has 0 aliphatic heterocycles. The summed E-state index contributed by atoms with van der Waals surface area (Å²) in [5.41, 5.74) is 3.03. The highest BCUT2D eigenvalue weighted by molar-refractivity contribution is 8.00. The molecule has 0 aliphatic rings. The second-order valence-corrected chi connectivity index (χ2v) is 8.28. The Morgan fingerprint density at radius 2 is 2.09 bits per heavy atom. The quantitative estimate of drug-likeness (QED) is 0.798. The van der Waals surface area contributed by atoms with Gasteiger partial charge < -0.3 is 5.32 Å². The van der Waals surface area contributed by atoms with Crippen molar-refractivity contribution in [3.63, 3.8) is 0 Å². The van der Waals surface area contributed by atoms with Gasteiger partial charge in [-0.25, -0.2) is 0 Å². The van der Waals surface area contributed by atoms with Gasteiger partial charge in [0, 0.05) is 4.90 Å². The van der Waals surface area contributed by atoms with Crippen molar-refractivity contribution in [1.82, 2.24) is 0 Å². The molecule has 0 spiro atoms. The lowest BCUT2D eigenvalue weighted by Gasteiger charge is -2.20. The van der Waals surface area contributed by atoms with Gasteiger partial charge in [0.15, 0.2) is 0 Å². The molecule has 1 aromatic carbocycles. The molecule has 0 unspecified atom stereocenters. The zero-order chi connectivity index (χ0) is 17.0. The predicted molar refractivity (Wildman–Crippen MR) is 98.3 cm³/mol. The molecule has 0 atom stereocenters. The summed E-state index contributed by atoms with van der Waals surface area (Å²) in [6.07, 6.45) is 0. The number of nitrogens with one attached hydrogen (secondary N) is 1. The monoisotopic (exact) mass is 344 g/mol. The van der Waals surface area contributed by atoms with E-state index < -0.39 is 0 Å². The zero-order valence-corrected chi connectivity index (χ0v) is 15.4. The maximum Gasteiger partial charge on any atom is 0.235 e. The maximum atomic E-state index is 12.1. The number of carbonyl (C=O) groups is 1. The van der Waals surface area contributed by atoms with Crippen LogP contribution in [-0.4, -0.2) is 11.7 Å². The van der Waals surface area contributed by atoms with Crippen LogP contribution in [0.25, 0.3) is 0 Å². The van der Waals surface area contributed by atoms with Crippen LogP contribution in [0.3, 0.4) is 0 Å². The largest absolute Gasteiger partial charge is 0.316 e. The van der Waals surface area contributed by atoms with Crippen molar-refractivity contribution in [3.05, 3.63) is 46.3 Å². The molecule has 0 aliphatic carbocycles. The highest BCUT2D eigenvalue weighted by Crippen LogP contribution is 2.30. The number of anilines is 1. The van der Waals surface area contributed by atoms with Crippen LogP contribution in [0.2, 0.25) is 0 Å². The Morgan fingerprint density at radius 1 is 1.35 bits per heavy atom. The van der Waals surface area contributed by atoms with Gasteiger partial charge in [-0.2, -0.15) is 5.26 Å². The standard InChI is InChI=1S/C18H20N2OS2/c1-12-5-6-14(18(2,3)4)9-15(12)23-11-16(21)20-17-13(10-19)7-8-22-17/h5-9H,11H2,1-4H3,(H,20,21). The fourth-order valence-corrected chi connectivity index (χ4v) is 3.64. The van der Waals surface area contributed by atoms with Crippen molar-refractivity contribution < 1.29 is 4.79 Å². The summed E-state index contributed by atoms with van der Waals surface area (Å²) < 4.78 is 0. The average molecular weight is 345 g/mol. The summed E-state index contributed by atoms with van der Waals surface area (Å²) in [7, 11) is 0. The summed E-state index contributed by atoms with van der Waals surface area (Å²) >= 11 is 2.90. The van der Waals surface area contributed by atoms with Gasteiger partial charge >= 0.3 is 0 Å². The number of nitriles is 1. The Balaban J connectivity index is 2.03. The van der Waals surface area contributed by atoms with Gasteiger partial charge in [-0.15, -0.1) is 23.1 Å². The van der Waals surface area contributed by atoms with Crippen molar-refractivity contribution in [2.24, 2.45) is 0 Å². The molecule has 2 rings (SSSR count). The van der Waals surface area contributed by atoms with Crippen molar-refractivity contribution in [3.8, 4) is 6.07 Å². The van der Waals surface area contributed by atoms with Gasteiger partial charge in [0.25, 0.3) is 0 Å². The number of thioether (sulfide) groups is 1. The normalized spacial score (nSPS) is 11.1. The van der Waals surface area contributed by atoms with Gasteiger partial charge in [0.1, 0.15) is 11.1 Å². The van der Waals surface area contributed by atoms with E-state index in [1.165, 1.54) is 34.2 Å². The van der Waals surface area contributed by atoms with E-state index in [0.717, 1.165) is 4.90 Å². The van der Waals surface area contributed by atoms with E-state index in [1.807, 2.05) is 0 Å². The molecule has 23 heavy (non-hydrogen) atoms. The van der Waals surface area contributed by atoms with Crippen LogP contribution in [-0.2, 0) is 10.2 Å². The van der Waals surface area contributed by atoms with Gasteiger partial charge in [-0.3, -0.25) is 4.79 Å². The molecule has 0 saturated heterocycles. The Hall–Kier alpha value is -1.77. The maximum absolute atomic E-state index is 12.1. The lowest BCUT2D eigenvalue weighted by Crippen LogP contribution is -2.14. The van der Waals surface area contributed by atoms with Crippen LogP contribution in [0.1, 0.15) is 37.5 Å². The Kier molecular flexibility index (Phi) is 5.51. The lowest BCUT2D eigenvalue weighted by molar-refractivity contribution is -0.113. The van der Waals surface area contributed by atoms with Crippen molar-refractivity contribution in [2.75, 3.05) is 11.1 Å². The van der Waals surface area contributed by atoms with Crippen LogP contribution < -0.4 is 5.32 Å². The van der Waals surface area contributed by atoms with Crippen LogP contribution in [0.5, 0.6) is 0 Å². The molecule has 0 fully saturated rings. The first-order valence-electron chi connectivity index (χ1n) is 7.32. The van der Waals surface area contributed by atoms with Crippen LogP contribution >= 0.6 is 23.1 Å². The first-order chi connectivity index (χ1) is 10.8. The lowest BCUT2D eigenvalue weighted by atomic mass is 9.87. The Morgan fingerprint density at radius 3 is 2.74 bits per heavy atom. The second-order valence-electron chi connectivity index (χ2n) is 6.34. The highest BCUT2D eigenvalue weighted by atomic mass is 32.2. The number of benzene rings is 1. The van der Waals surface area contributed by atoms with Gasteiger partial charge in [-0.05, 0) is 41.0 Å². The SMILES string of the molecule is Cc1ccc(C(C)(C)C)cc1SCC(=O)Nc1sccc1C#N. The van der Waals surface area contributed by atoms with Crippen LogP contribution in [0.15, 0.2) is 34.5 Å². The number of aryl methyl sites for hydroxylation is 1. The van der Waals surface area contributed by atoms with E-state index in [2.05, 4.69) is 57.3 Å². The van der Waals surface area contributed by atoms with Gasteiger partial charge in [0.05, 0.1) is 11.3 Å². The third-order valence-corrected chi connectivity index (χ3v) is 5.44. The summed E-state index contributed by atoms with van der Waals surface area (Å²) in [6, 6.07) is 10.2. The number of nitrogens with zero attached hydrogens (tertiary/aromatic N) is 1. The first-order valence-corrected chi connectivity index (χ1v) is 9.19. The number of amides is 1. The van der Waals surface area contributed by atoms with Crippen molar-refractivity contribution in [1.29, 1.82) is 5.26 Å². The molecule has 1 aromatic heterocycles. The summed E-state index contributed by atoms with van der Waals surface area (Å²) in [5, 5.41) is 14.2. The first kappa shape index (κ1) is 17.6. The number of thiophene rings is 1. The molecule has 0 bridgehead atoms. The van der Waals surface area contributed by atoms with Gasteiger partial charge in [0.2, 0.25) is 5.91 Å². The molecule has 1 N–H and O–H groups in total. The van der Waals surface area contributed by atoms with Gasteiger partial charge in [-0.1, -0.05) is 32.9 Å². The minimum absolute atomic E-state index is 0.0872. The molecule has 2 aromatic rings. The summed E-state index contributed by atoms with van der Waals surface area (Å²) in [4.78, 5) is 13.2. The van der Waals surface area contributed by atoms with E-state index in [-0.39, 0.29) is 11.3 Å². The Bertz CT molecular complexity index is 751. The molecule has 5 heteroatoms. The minimum Gasteiger partial charge on any atom is -0.316 e. The van der Waals surface area contributed by atoms with E-state index in [1.54, 1.807) is 11.4 Å². The molecular weight excluding hydrogens is 324 g/mol.